The van der Waals surface area contributed by atoms with Crippen molar-refractivity contribution in [1.29, 1.82) is 0 Å². The Hall–Kier alpha value is -0.940. The molecule has 0 aromatic heterocycles. The van der Waals surface area contributed by atoms with Gasteiger partial charge in [-0.1, -0.05) is 0 Å². The van der Waals surface area contributed by atoms with Gasteiger partial charge < -0.3 is 10.0 Å². The summed E-state index contributed by atoms with van der Waals surface area (Å²) in [6.07, 6.45) is 0.303. The predicted molar refractivity (Wildman–Crippen MR) is 55.1 cm³/mol. The van der Waals surface area contributed by atoms with E-state index >= 15 is 0 Å². The van der Waals surface area contributed by atoms with Crippen LogP contribution in [0.3, 0.4) is 0 Å². The Morgan fingerprint density at radius 2 is 1.93 bits per heavy atom. The van der Waals surface area contributed by atoms with Gasteiger partial charge in [-0.25, -0.2) is 0 Å². The van der Waals surface area contributed by atoms with Gasteiger partial charge in [0.25, 0.3) is 0 Å². The highest BCUT2D eigenvalue weighted by molar-refractivity contribution is 6.01. The van der Waals surface area contributed by atoms with Crippen molar-refractivity contribution in [3.8, 4) is 0 Å². The highest BCUT2D eigenvalue weighted by atomic mass is 16.3. The van der Waals surface area contributed by atoms with Crippen LogP contribution in [-0.4, -0.2) is 59.5 Å². The summed E-state index contributed by atoms with van der Waals surface area (Å²) in [6, 6.07) is 0. The molecule has 2 amide bonds. The number of rotatable bonds is 5. The van der Waals surface area contributed by atoms with Gasteiger partial charge in [0.2, 0.25) is 11.8 Å². The van der Waals surface area contributed by atoms with E-state index in [1.807, 2.05) is 11.9 Å². The van der Waals surface area contributed by atoms with Gasteiger partial charge in [0.05, 0.1) is 6.10 Å². The monoisotopic (exact) mass is 214 g/mol. The Morgan fingerprint density at radius 3 is 2.40 bits per heavy atom. The van der Waals surface area contributed by atoms with Crippen LogP contribution >= 0.6 is 0 Å². The molecule has 0 radical (unpaired) electrons. The van der Waals surface area contributed by atoms with Gasteiger partial charge in [-0.05, 0) is 14.0 Å². The smallest absolute Gasteiger partial charge is 0.229 e. The summed E-state index contributed by atoms with van der Waals surface area (Å²) >= 11 is 0. The second-order valence-electron chi connectivity index (χ2n) is 4.05. The predicted octanol–water partition coefficient (Wildman–Crippen LogP) is -0.552. The minimum atomic E-state index is -0.389. The summed E-state index contributed by atoms with van der Waals surface area (Å²) in [5.74, 6) is -0.157. The molecule has 86 valence electrons. The molecule has 0 aromatic rings. The number of carbonyl (C=O) groups excluding carboxylic acids is 2. The van der Waals surface area contributed by atoms with Crippen molar-refractivity contribution in [2.75, 3.05) is 26.7 Å². The molecule has 1 fully saturated rings. The Bertz CT molecular complexity index is 237. The van der Waals surface area contributed by atoms with Crippen LogP contribution in [0.15, 0.2) is 0 Å². The summed E-state index contributed by atoms with van der Waals surface area (Å²) in [6.45, 7) is 3.31. The zero-order valence-corrected chi connectivity index (χ0v) is 9.27. The average molecular weight is 214 g/mol. The van der Waals surface area contributed by atoms with E-state index in [1.165, 1.54) is 4.90 Å². The van der Waals surface area contributed by atoms with Crippen LogP contribution in [0.2, 0.25) is 0 Å². The number of carbonyl (C=O) groups is 2. The number of amides is 2. The van der Waals surface area contributed by atoms with Crippen molar-refractivity contribution < 1.29 is 14.7 Å². The minimum Gasteiger partial charge on any atom is -0.392 e. The van der Waals surface area contributed by atoms with Crippen LogP contribution in [-0.2, 0) is 9.59 Å². The molecule has 1 aliphatic rings. The van der Waals surface area contributed by atoms with Crippen LogP contribution in [0.1, 0.15) is 19.8 Å². The van der Waals surface area contributed by atoms with Crippen molar-refractivity contribution in [3.63, 3.8) is 0 Å². The molecular formula is C10H18N2O3. The number of likely N-dealkylation sites (tertiary alicyclic amines) is 1. The maximum atomic E-state index is 11.3. The van der Waals surface area contributed by atoms with Gasteiger partial charge in [-0.15, -0.1) is 0 Å². The topological polar surface area (TPSA) is 60.9 Å². The fourth-order valence-corrected chi connectivity index (χ4v) is 1.69. The molecule has 1 atom stereocenters. The molecule has 1 N–H and O–H groups in total. The average Bonchev–Trinajstić information content (AvgIpc) is 2.42. The molecule has 1 unspecified atom stereocenters. The number of hydrogen-bond acceptors (Lipinski definition) is 4. The van der Waals surface area contributed by atoms with E-state index in [0.29, 0.717) is 32.5 Å². The molecule has 1 saturated heterocycles. The zero-order valence-electron chi connectivity index (χ0n) is 9.27. The summed E-state index contributed by atoms with van der Waals surface area (Å²) in [7, 11) is 1.86. The normalized spacial score (nSPS) is 19.1. The highest BCUT2D eigenvalue weighted by Crippen LogP contribution is 2.10. The molecule has 0 aliphatic carbocycles. The van der Waals surface area contributed by atoms with Crippen molar-refractivity contribution in [2.24, 2.45) is 0 Å². The van der Waals surface area contributed by atoms with Gasteiger partial charge in [-0.2, -0.15) is 0 Å². The van der Waals surface area contributed by atoms with Gasteiger partial charge in [-0.3, -0.25) is 14.5 Å². The number of nitrogens with zero attached hydrogens (tertiary/aromatic N) is 2. The maximum Gasteiger partial charge on any atom is 0.229 e. The van der Waals surface area contributed by atoms with E-state index in [-0.39, 0.29) is 17.9 Å². The van der Waals surface area contributed by atoms with Crippen LogP contribution in [0.5, 0.6) is 0 Å². The standard InChI is InChI=1S/C10H18N2O3/c1-8(13)7-11(2)5-6-12-9(14)3-4-10(12)15/h8,13H,3-7H2,1-2H3. The SMILES string of the molecule is CC(O)CN(C)CCN1C(=O)CCC1=O. The molecule has 0 saturated carbocycles. The Balaban J connectivity index is 2.30. The zero-order chi connectivity index (χ0) is 11.4. The minimum absolute atomic E-state index is 0.0783. The lowest BCUT2D eigenvalue weighted by atomic mass is 10.3. The molecule has 0 spiro atoms. The van der Waals surface area contributed by atoms with E-state index in [2.05, 4.69) is 0 Å². The number of hydrogen-bond donors (Lipinski definition) is 1. The van der Waals surface area contributed by atoms with Crippen LogP contribution in [0.4, 0.5) is 0 Å². The Labute approximate surface area is 89.7 Å². The van der Waals surface area contributed by atoms with Gasteiger partial charge in [0.15, 0.2) is 0 Å². The molecule has 15 heavy (non-hydrogen) atoms. The fraction of sp³-hybridized carbons (Fsp3) is 0.800. The summed E-state index contributed by atoms with van der Waals surface area (Å²) in [5, 5.41) is 9.13. The first-order chi connectivity index (χ1) is 7.00. The van der Waals surface area contributed by atoms with Crippen molar-refractivity contribution >= 4 is 11.8 Å². The molecule has 5 nitrogen and oxygen atoms in total. The van der Waals surface area contributed by atoms with Crippen molar-refractivity contribution in [2.45, 2.75) is 25.9 Å². The van der Waals surface area contributed by atoms with E-state index < -0.39 is 0 Å². The van der Waals surface area contributed by atoms with Gasteiger partial charge >= 0.3 is 0 Å². The van der Waals surface area contributed by atoms with Crippen molar-refractivity contribution in [3.05, 3.63) is 0 Å². The first kappa shape index (κ1) is 12.1. The quantitative estimate of drug-likeness (QED) is 0.624. The van der Waals surface area contributed by atoms with E-state index in [9.17, 15) is 9.59 Å². The molecular weight excluding hydrogens is 196 g/mol. The third-order valence-electron chi connectivity index (χ3n) is 2.44. The van der Waals surface area contributed by atoms with Crippen LogP contribution in [0.25, 0.3) is 0 Å². The fourth-order valence-electron chi connectivity index (χ4n) is 1.69. The Morgan fingerprint density at radius 1 is 1.40 bits per heavy atom. The van der Waals surface area contributed by atoms with Gasteiger partial charge in [0.1, 0.15) is 0 Å². The van der Waals surface area contributed by atoms with E-state index in [1.54, 1.807) is 6.92 Å². The van der Waals surface area contributed by atoms with Gasteiger partial charge in [0, 0.05) is 32.5 Å². The second-order valence-corrected chi connectivity index (χ2v) is 4.05. The summed E-state index contributed by atoms with van der Waals surface area (Å²) < 4.78 is 0. The van der Waals surface area contributed by atoms with E-state index in [0.717, 1.165) is 0 Å². The molecule has 1 aliphatic heterocycles. The van der Waals surface area contributed by atoms with E-state index in [4.69, 9.17) is 5.11 Å². The number of aliphatic hydroxyl groups excluding tert-OH is 1. The van der Waals surface area contributed by atoms with Crippen molar-refractivity contribution in [1.82, 2.24) is 9.80 Å². The third-order valence-corrected chi connectivity index (χ3v) is 2.44. The molecule has 5 heteroatoms. The Kier molecular flexibility index (Phi) is 4.23. The number of likely N-dealkylation sites (N-methyl/N-ethyl adjacent to an activating group) is 1. The number of aliphatic hydroxyl groups is 1. The molecule has 0 bridgehead atoms. The largest absolute Gasteiger partial charge is 0.392 e. The van der Waals surface area contributed by atoms with Crippen LogP contribution < -0.4 is 0 Å². The molecule has 1 rings (SSSR count). The lowest BCUT2D eigenvalue weighted by Crippen LogP contribution is -2.38. The first-order valence-corrected chi connectivity index (χ1v) is 5.20. The third kappa shape index (κ3) is 3.60. The summed E-state index contributed by atoms with van der Waals surface area (Å²) in [4.78, 5) is 25.7. The maximum absolute atomic E-state index is 11.3. The lowest BCUT2D eigenvalue weighted by molar-refractivity contribution is -0.138. The van der Waals surface area contributed by atoms with Crippen LogP contribution in [0, 0.1) is 0 Å². The summed E-state index contributed by atoms with van der Waals surface area (Å²) in [5.41, 5.74) is 0. The highest BCUT2D eigenvalue weighted by Gasteiger charge is 2.28. The molecule has 1 heterocycles. The number of imide groups is 1. The molecule has 0 aromatic carbocycles. The lowest BCUT2D eigenvalue weighted by Gasteiger charge is -2.21. The second kappa shape index (κ2) is 5.23. The first-order valence-electron chi connectivity index (χ1n) is 5.20.